The van der Waals surface area contributed by atoms with Crippen LogP contribution in [0.1, 0.15) is 57.4 Å². The van der Waals surface area contributed by atoms with Crippen molar-refractivity contribution in [3.8, 4) is 23.0 Å². The first-order valence-corrected chi connectivity index (χ1v) is 11.4. The van der Waals surface area contributed by atoms with E-state index in [-0.39, 0.29) is 34.1 Å². The lowest BCUT2D eigenvalue weighted by molar-refractivity contribution is 0.0651. The van der Waals surface area contributed by atoms with Gasteiger partial charge in [-0.1, -0.05) is 24.3 Å². The predicted octanol–water partition coefficient (Wildman–Crippen LogP) is 5.30. The first-order chi connectivity index (χ1) is 19.0. The summed E-state index contributed by atoms with van der Waals surface area (Å²) < 4.78 is 11.3. The van der Waals surface area contributed by atoms with Gasteiger partial charge in [0.1, 0.15) is 23.0 Å². The fourth-order valence-electron chi connectivity index (χ4n) is 3.74. The van der Waals surface area contributed by atoms with Crippen LogP contribution in [0.2, 0.25) is 0 Å². The lowest BCUT2D eigenvalue weighted by Gasteiger charge is -2.11. The smallest absolute Gasteiger partial charge is 0.336 e. The second kappa shape index (κ2) is 11.2. The molecule has 0 saturated heterocycles. The largest absolute Gasteiger partial charge is 0.478 e. The van der Waals surface area contributed by atoms with Crippen LogP contribution in [0.15, 0.2) is 84.9 Å². The van der Waals surface area contributed by atoms with Crippen LogP contribution >= 0.6 is 0 Å². The molecule has 0 aliphatic rings. The van der Waals surface area contributed by atoms with Gasteiger partial charge in [0.05, 0.1) is 22.3 Å². The first kappa shape index (κ1) is 27.1. The predicted molar refractivity (Wildman–Crippen MR) is 137 cm³/mol. The summed E-state index contributed by atoms with van der Waals surface area (Å²) in [4.78, 5) is 58.6. The Hall–Kier alpha value is -5.97. The minimum absolute atomic E-state index is 0.0528. The van der Waals surface area contributed by atoms with Gasteiger partial charge < -0.3 is 29.9 Å². The van der Waals surface area contributed by atoms with Crippen molar-refractivity contribution in [3.05, 3.63) is 118 Å². The zero-order valence-corrected chi connectivity index (χ0v) is 20.2. The van der Waals surface area contributed by atoms with Crippen LogP contribution < -0.4 is 9.47 Å². The van der Waals surface area contributed by atoms with Gasteiger partial charge in [-0.3, -0.25) is 4.79 Å². The van der Waals surface area contributed by atoms with Crippen molar-refractivity contribution >= 4 is 29.7 Å². The maximum absolute atomic E-state index is 13.2. The number of hydrogen-bond donors (Lipinski definition) is 4. The van der Waals surface area contributed by atoms with Crippen LogP contribution in [0, 0.1) is 0 Å². The van der Waals surface area contributed by atoms with E-state index in [1.807, 2.05) is 0 Å². The minimum Gasteiger partial charge on any atom is -0.478 e. The molecule has 200 valence electrons. The topological polar surface area (TPSA) is 185 Å². The molecule has 11 heteroatoms. The van der Waals surface area contributed by atoms with E-state index in [9.17, 15) is 44.4 Å². The maximum atomic E-state index is 13.2. The van der Waals surface area contributed by atoms with Crippen LogP contribution in [0.25, 0.3) is 0 Å². The number of carboxylic acid groups (broad SMARTS) is 4. The van der Waals surface area contributed by atoms with E-state index in [1.54, 1.807) is 12.1 Å². The normalized spacial score (nSPS) is 10.4. The number of ether oxygens (including phenoxy) is 2. The molecule has 0 aliphatic heterocycles. The molecule has 0 aliphatic carbocycles. The Balaban J connectivity index is 1.56. The zero-order valence-electron chi connectivity index (χ0n) is 20.2. The highest BCUT2D eigenvalue weighted by molar-refractivity contribution is 6.09. The SMILES string of the molecule is O=C(c1cccc(Oc2ccc(C(=O)O)c(C(=O)O)c2)c1)c1cccc(Oc2ccc(C(=O)O)c(C(=O)O)c2)c1. The number of aromatic carboxylic acids is 4. The fourth-order valence-corrected chi connectivity index (χ4v) is 3.74. The molecule has 0 heterocycles. The Kier molecular flexibility index (Phi) is 7.57. The van der Waals surface area contributed by atoms with E-state index < -0.39 is 51.9 Å². The molecular formula is C29H18O11. The molecule has 40 heavy (non-hydrogen) atoms. The van der Waals surface area contributed by atoms with Crippen molar-refractivity contribution in [1.29, 1.82) is 0 Å². The highest BCUT2D eigenvalue weighted by atomic mass is 16.5. The van der Waals surface area contributed by atoms with Crippen LogP contribution in [0.4, 0.5) is 0 Å². The maximum Gasteiger partial charge on any atom is 0.336 e. The van der Waals surface area contributed by atoms with E-state index in [0.29, 0.717) is 0 Å². The Morgan fingerprint density at radius 3 is 1.12 bits per heavy atom. The number of carboxylic acids is 4. The van der Waals surface area contributed by atoms with Gasteiger partial charge in [0, 0.05) is 11.1 Å². The highest BCUT2D eigenvalue weighted by Gasteiger charge is 2.19. The summed E-state index contributed by atoms with van der Waals surface area (Å²) in [6, 6.07) is 19.0. The summed E-state index contributed by atoms with van der Waals surface area (Å²) in [6.07, 6.45) is 0. The molecule has 4 rings (SSSR count). The number of hydrogen-bond acceptors (Lipinski definition) is 7. The quantitative estimate of drug-likeness (QED) is 0.191. The molecule has 0 atom stereocenters. The number of rotatable bonds is 10. The van der Waals surface area contributed by atoms with Crippen molar-refractivity contribution < 1.29 is 53.9 Å². The Morgan fingerprint density at radius 1 is 0.425 bits per heavy atom. The van der Waals surface area contributed by atoms with E-state index in [4.69, 9.17) is 9.47 Å². The summed E-state index contributed by atoms with van der Waals surface area (Å²) in [7, 11) is 0. The molecule has 0 amide bonds. The van der Waals surface area contributed by atoms with Gasteiger partial charge in [-0.05, 0) is 60.7 Å². The number of carbonyl (C=O) groups is 5. The second-order valence-corrected chi connectivity index (χ2v) is 8.22. The standard InChI is InChI=1S/C29H18O11/c30-25(15-3-1-5-17(11-15)39-19-7-9-21(26(31)32)23(13-19)28(35)36)16-4-2-6-18(12-16)40-20-8-10-22(27(33)34)24(14-20)29(37)38/h1-14H,(H,31,32)(H,33,34)(H,35,36)(H,37,38). The summed E-state index contributed by atoms with van der Waals surface area (Å²) >= 11 is 0. The van der Waals surface area contributed by atoms with Gasteiger partial charge in [0.25, 0.3) is 0 Å². The van der Waals surface area contributed by atoms with Crippen molar-refractivity contribution in [2.45, 2.75) is 0 Å². The average molecular weight is 542 g/mol. The third-order valence-electron chi connectivity index (χ3n) is 5.57. The van der Waals surface area contributed by atoms with Crippen LogP contribution in [0.5, 0.6) is 23.0 Å². The molecule has 0 saturated carbocycles. The summed E-state index contributed by atoms with van der Waals surface area (Å²) in [5, 5.41) is 37.0. The van der Waals surface area contributed by atoms with Crippen LogP contribution in [0.3, 0.4) is 0 Å². The van der Waals surface area contributed by atoms with E-state index in [2.05, 4.69) is 0 Å². The van der Waals surface area contributed by atoms with Gasteiger partial charge in [-0.2, -0.15) is 0 Å². The minimum atomic E-state index is -1.44. The van der Waals surface area contributed by atoms with Crippen molar-refractivity contribution in [1.82, 2.24) is 0 Å². The van der Waals surface area contributed by atoms with Gasteiger partial charge in [0.2, 0.25) is 0 Å². The van der Waals surface area contributed by atoms with Gasteiger partial charge in [-0.15, -0.1) is 0 Å². The van der Waals surface area contributed by atoms with Crippen molar-refractivity contribution in [2.75, 3.05) is 0 Å². The number of ketones is 1. The lowest BCUT2D eigenvalue weighted by Crippen LogP contribution is -2.08. The summed E-state index contributed by atoms with van der Waals surface area (Å²) in [5.41, 5.74) is -1.28. The molecule has 11 nitrogen and oxygen atoms in total. The van der Waals surface area contributed by atoms with Crippen LogP contribution in [-0.2, 0) is 0 Å². The zero-order chi connectivity index (χ0) is 29.0. The fraction of sp³-hybridized carbons (Fsp3) is 0. The van der Waals surface area contributed by atoms with Gasteiger partial charge in [-0.25, -0.2) is 19.2 Å². The molecule has 4 aromatic rings. The third-order valence-corrected chi connectivity index (χ3v) is 5.57. The molecule has 0 spiro atoms. The average Bonchev–Trinajstić information content (AvgIpc) is 2.92. The molecule has 0 aromatic heterocycles. The number of benzene rings is 4. The monoisotopic (exact) mass is 542 g/mol. The molecule has 4 N–H and O–H groups in total. The van der Waals surface area contributed by atoms with E-state index in [1.165, 1.54) is 48.5 Å². The Bertz CT molecular complexity index is 1560. The lowest BCUT2D eigenvalue weighted by atomic mass is 10.0. The van der Waals surface area contributed by atoms with E-state index >= 15 is 0 Å². The first-order valence-electron chi connectivity index (χ1n) is 11.4. The van der Waals surface area contributed by atoms with Crippen molar-refractivity contribution in [3.63, 3.8) is 0 Å². The Labute approximate surface area is 225 Å². The molecular weight excluding hydrogens is 524 g/mol. The molecule has 0 bridgehead atoms. The molecule has 4 aromatic carbocycles. The highest BCUT2D eigenvalue weighted by Crippen LogP contribution is 2.28. The molecule has 0 radical (unpaired) electrons. The Morgan fingerprint density at radius 2 is 0.775 bits per heavy atom. The second-order valence-electron chi connectivity index (χ2n) is 8.22. The van der Waals surface area contributed by atoms with E-state index in [0.717, 1.165) is 24.3 Å². The van der Waals surface area contributed by atoms with Crippen molar-refractivity contribution in [2.24, 2.45) is 0 Å². The van der Waals surface area contributed by atoms with Crippen LogP contribution in [-0.4, -0.2) is 50.1 Å². The molecule has 0 fully saturated rings. The summed E-state index contributed by atoms with van der Waals surface area (Å²) in [5.74, 6) is -5.61. The third kappa shape index (κ3) is 5.94. The molecule has 0 unspecified atom stereocenters. The number of carbonyl (C=O) groups excluding carboxylic acids is 1. The van der Waals surface area contributed by atoms with Gasteiger partial charge >= 0.3 is 23.9 Å². The summed E-state index contributed by atoms with van der Waals surface area (Å²) in [6.45, 7) is 0. The van der Waals surface area contributed by atoms with Gasteiger partial charge in [0.15, 0.2) is 5.78 Å².